The number of carbonyl (C=O) groups excluding carboxylic acids is 3. The third kappa shape index (κ3) is 5.97. The second kappa shape index (κ2) is 13.3. The molecule has 0 aliphatic carbocycles. The molecule has 2 saturated heterocycles. The smallest absolute Gasteiger partial charge is 1.00 e. The number of tetrazole rings is 1. The van der Waals surface area contributed by atoms with Crippen molar-refractivity contribution in [3.05, 3.63) is 21.1 Å². The molecule has 21 heteroatoms. The van der Waals surface area contributed by atoms with Gasteiger partial charge in [0, 0.05) is 25.7 Å². The number of ether oxygens (including phenoxy) is 1. The maximum absolute atomic E-state index is 13.2. The number of primary amides is 1. The van der Waals surface area contributed by atoms with Crippen molar-refractivity contribution >= 4 is 76.7 Å². The largest absolute Gasteiger partial charge is 1.00 e. The second-order valence-electron chi connectivity index (χ2n) is 7.30. The topological polar surface area (TPSA) is 220 Å². The molecule has 0 spiro atoms. The van der Waals surface area contributed by atoms with Gasteiger partial charge in [0.25, 0.3) is 17.5 Å². The van der Waals surface area contributed by atoms with E-state index in [1.165, 1.54) is 35.3 Å². The summed E-state index contributed by atoms with van der Waals surface area (Å²) in [5.74, 6) is -4.89. The number of hydrogen-bond acceptors (Lipinski definition) is 13. The molecule has 3 aliphatic heterocycles. The first kappa shape index (κ1) is 33.5. The van der Waals surface area contributed by atoms with Gasteiger partial charge in [-0.2, -0.15) is 0 Å². The summed E-state index contributed by atoms with van der Waals surface area (Å²) >= 11 is 4.06. The number of carboxylic acids is 2. The fourth-order valence-electron chi connectivity index (χ4n) is 3.51. The van der Waals surface area contributed by atoms with Crippen molar-refractivity contribution in [1.29, 1.82) is 0 Å². The van der Waals surface area contributed by atoms with Gasteiger partial charge in [-0.05, 0) is 16.0 Å². The molecule has 0 bridgehead atoms. The molecule has 1 aromatic heterocycles. The molecule has 1 aromatic rings. The number of aliphatic carboxylic acids is 2. The Hall–Kier alpha value is -0.740. The number of thioether (sulfide) groups is 4. The molecule has 2 atom stereocenters. The normalized spacial score (nSPS) is 23.7. The Balaban J connectivity index is 0.00000380. The number of aryl methyl sites for hydroxylation is 1. The Kier molecular flexibility index (Phi) is 11.7. The van der Waals surface area contributed by atoms with Crippen LogP contribution in [0.2, 0.25) is 0 Å². The zero-order chi connectivity index (χ0) is 26.4. The number of methoxy groups -OCH3 is 1. The van der Waals surface area contributed by atoms with Crippen LogP contribution in [0, 0.1) is 0 Å². The van der Waals surface area contributed by atoms with Crippen LogP contribution in [0.3, 0.4) is 0 Å². The molecule has 196 valence electrons. The minimum Gasteiger partial charge on any atom is -1.00 e. The summed E-state index contributed by atoms with van der Waals surface area (Å²) in [5, 5.41) is 32.2. The molecular formula is C17H19N7Na2O8S4. The van der Waals surface area contributed by atoms with Crippen molar-refractivity contribution in [3.63, 3.8) is 0 Å². The van der Waals surface area contributed by atoms with Gasteiger partial charge in [-0.1, -0.05) is 35.3 Å². The minimum absolute atomic E-state index is 0. The van der Waals surface area contributed by atoms with E-state index in [0.29, 0.717) is 10.7 Å². The number of β-lactam (4-membered cyclic amide) rings is 1. The van der Waals surface area contributed by atoms with Crippen LogP contribution in [0.1, 0.15) is 2.85 Å². The summed E-state index contributed by atoms with van der Waals surface area (Å²) in [6.45, 7) is 0. The predicted octanol–water partition coefficient (Wildman–Crippen LogP) is -7.16. The number of carbonyl (C=O) groups is 5. The second-order valence-corrected chi connectivity index (χ2v) is 12.1. The predicted molar refractivity (Wildman–Crippen MR) is 130 cm³/mol. The van der Waals surface area contributed by atoms with E-state index < -0.39 is 50.9 Å². The van der Waals surface area contributed by atoms with E-state index in [9.17, 15) is 29.1 Å². The van der Waals surface area contributed by atoms with E-state index in [-0.39, 0.29) is 83.4 Å². The minimum atomic E-state index is -1.81. The van der Waals surface area contributed by atoms with Crippen molar-refractivity contribution in [1.82, 2.24) is 30.4 Å². The molecule has 0 saturated carbocycles. The van der Waals surface area contributed by atoms with Gasteiger partial charge in [-0.3, -0.25) is 19.3 Å². The van der Waals surface area contributed by atoms with Crippen LogP contribution in [0.5, 0.6) is 0 Å². The Morgan fingerprint density at radius 1 is 1.29 bits per heavy atom. The number of nitrogens with two attached hydrogens (primary N) is 1. The van der Waals surface area contributed by atoms with Crippen molar-refractivity contribution in [2.45, 2.75) is 20.8 Å². The molecule has 3 aliphatic rings. The first-order valence-electron chi connectivity index (χ1n) is 9.75. The van der Waals surface area contributed by atoms with E-state index in [4.69, 9.17) is 15.6 Å². The molecule has 2 fully saturated rings. The summed E-state index contributed by atoms with van der Waals surface area (Å²) in [7, 11) is 2.86. The molecule has 15 nitrogen and oxygen atoms in total. The summed E-state index contributed by atoms with van der Waals surface area (Å²) < 4.78 is 6.05. The average Bonchev–Trinajstić information content (AvgIpc) is 3.20. The molecule has 4 heterocycles. The van der Waals surface area contributed by atoms with Gasteiger partial charge < -0.3 is 28.9 Å². The Bertz CT molecular complexity index is 1250. The summed E-state index contributed by atoms with van der Waals surface area (Å²) in [6.07, 6.45) is 0. The first-order valence-corrected chi connectivity index (χ1v) is 13.5. The molecule has 38 heavy (non-hydrogen) atoms. The number of nitrogens with zero attached hydrogens (tertiary/aromatic N) is 5. The van der Waals surface area contributed by atoms with Crippen LogP contribution in [0.15, 0.2) is 26.2 Å². The molecule has 0 aromatic carbocycles. The zero-order valence-corrected chi connectivity index (χ0v) is 27.6. The van der Waals surface area contributed by atoms with Crippen LogP contribution in [-0.4, -0.2) is 99.3 Å². The third-order valence-corrected chi connectivity index (χ3v) is 10.5. The van der Waals surface area contributed by atoms with E-state index >= 15 is 0 Å². The number of rotatable bonds is 9. The van der Waals surface area contributed by atoms with Gasteiger partial charge in [0.2, 0.25) is 11.1 Å². The fourth-order valence-corrected chi connectivity index (χ4v) is 8.16. The van der Waals surface area contributed by atoms with E-state index in [2.05, 4.69) is 20.8 Å². The van der Waals surface area contributed by atoms with Crippen LogP contribution in [0.4, 0.5) is 0 Å². The van der Waals surface area contributed by atoms with Crippen LogP contribution in [0.25, 0.3) is 0 Å². The Morgan fingerprint density at radius 2 is 1.95 bits per heavy atom. The van der Waals surface area contributed by atoms with Gasteiger partial charge in [0.1, 0.15) is 21.2 Å². The maximum Gasteiger partial charge on any atom is 1.00 e. The standard InChI is InChI=1S/C17H17N7O8S4.2Na.2H/c1-23-16(20-21-22-23)34-4-5-3-33-15-17(32-2,14(31)24(15)7(5)11(29)30)19-9(26)13-35-12(36-13)6(8(18)25)10(27)28;;;;/h13,15H,3-4H2,1-2H3,(H2,18,25)(H,19,26)(H,27,28)(H,29,30);;;;/q;2*+1;2*-1/t13?,15-,17+;;;;/m1..../s1. The van der Waals surface area contributed by atoms with Crippen LogP contribution in [-0.2, 0) is 35.8 Å². The molecular weight excluding hydrogens is 604 g/mol. The van der Waals surface area contributed by atoms with Crippen LogP contribution < -0.4 is 70.2 Å². The summed E-state index contributed by atoms with van der Waals surface area (Å²) in [6, 6.07) is 0. The van der Waals surface area contributed by atoms with Crippen molar-refractivity contribution in [2.75, 3.05) is 18.6 Å². The number of amides is 3. The van der Waals surface area contributed by atoms with Crippen molar-refractivity contribution in [3.8, 4) is 0 Å². The van der Waals surface area contributed by atoms with Crippen LogP contribution >= 0.6 is 47.0 Å². The number of nitrogens with one attached hydrogen (secondary N) is 1. The molecule has 0 unspecified atom stereocenters. The SMILES string of the molecule is CO[C@@]1(NC(=O)C2SC(=C(C(N)=O)C(=O)O)S2)C(=O)N2C(C(=O)O)=C(CSc3nnnn3C)CS[C@@H]21.[H-].[H-].[Na+].[Na+]. The monoisotopic (exact) mass is 623 g/mol. The fraction of sp³-hybridized carbons (Fsp3) is 0.412. The quantitative estimate of drug-likeness (QED) is 0.0382. The van der Waals surface area contributed by atoms with Gasteiger partial charge in [0.15, 0.2) is 0 Å². The van der Waals surface area contributed by atoms with Gasteiger partial charge in [-0.25, -0.2) is 14.3 Å². The average molecular weight is 624 g/mol. The number of fused-ring (bicyclic) bond motifs is 1. The maximum atomic E-state index is 13.2. The molecule has 5 N–H and O–H groups in total. The summed E-state index contributed by atoms with van der Waals surface area (Å²) in [4.78, 5) is 61.7. The number of aromatic nitrogens is 4. The van der Waals surface area contributed by atoms with Gasteiger partial charge in [-0.15, -0.1) is 16.9 Å². The van der Waals surface area contributed by atoms with E-state index in [1.807, 2.05) is 0 Å². The Labute approximate surface area is 278 Å². The number of hydrogen-bond donors (Lipinski definition) is 4. The molecule has 3 amide bonds. The van der Waals surface area contributed by atoms with Gasteiger partial charge >= 0.3 is 71.1 Å². The van der Waals surface area contributed by atoms with Crippen molar-refractivity contribution in [2.24, 2.45) is 12.8 Å². The third-order valence-electron chi connectivity index (χ3n) is 5.21. The summed E-state index contributed by atoms with van der Waals surface area (Å²) in [5.41, 5.74) is 2.93. The number of carboxylic acid groups (broad SMARTS) is 2. The molecule has 4 rings (SSSR count). The molecule has 0 radical (unpaired) electrons. The van der Waals surface area contributed by atoms with E-state index in [1.54, 1.807) is 7.05 Å². The van der Waals surface area contributed by atoms with Crippen molar-refractivity contribution < 1.29 is 101 Å². The van der Waals surface area contributed by atoms with Gasteiger partial charge in [0.05, 0.1) is 4.24 Å². The zero-order valence-electron chi connectivity index (χ0n) is 22.4. The first-order chi connectivity index (χ1) is 17.0. The van der Waals surface area contributed by atoms with E-state index in [0.717, 1.165) is 28.4 Å². The Morgan fingerprint density at radius 3 is 2.45 bits per heavy atom.